The first-order valence-corrected chi connectivity index (χ1v) is 5.02. The highest BCUT2D eigenvalue weighted by Gasteiger charge is 2.09. The van der Waals surface area contributed by atoms with Gasteiger partial charge in [0.15, 0.2) is 0 Å². The molecule has 1 N–H and O–H groups in total. The molecule has 0 saturated heterocycles. The van der Waals surface area contributed by atoms with E-state index in [4.69, 9.17) is 5.26 Å². The fraction of sp³-hybridized carbons (Fsp3) is 0.0769. The summed E-state index contributed by atoms with van der Waals surface area (Å²) in [5.41, 5.74) is 1.12. The summed E-state index contributed by atoms with van der Waals surface area (Å²) in [6, 6.07) is 9.92. The van der Waals surface area contributed by atoms with Crippen LogP contribution in [0.25, 0.3) is 11.1 Å². The first-order valence-electron chi connectivity index (χ1n) is 5.02. The first kappa shape index (κ1) is 11.0. The molecule has 0 spiro atoms. The summed E-state index contributed by atoms with van der Waals surface area (Å²) in [4.78, 5) is 11.5. The lowest BCUT2D eigenvalue weighted by Crippen LogP contribution is -2.14. The molecule has 0 aliphatic rings. The van der Waals surface area contributed by atoms with E-state index in [-0.39, 0.29) is 16.9 Å². The molecule has 84 valence electrons. The Labute approximate surface area is 98.0 Å². The molecule has 0 radical (unpaired) electrons. The maximum atomic E-state index is 11.5. The third-order valence-corrected chi connectivity index (χ3v) is 2.57. The van der Waals surface area contributed by atoms with Crippen LogP contribution in [0.1, 0.15) is 5.56 Å². The summed E-state index contributed by atoms with van der Waals surface area (Å²) in [5.74, 6) is -0.0942. The molecule has 0 unspecified atom stereocenters. The summed E-state index contributed by atoms with van der Waals surface area (Å²) in [6.07, 6.45) is 1.62. The predicted octanol–water partition coefficient (Wildman–Crippen LogP) is 1.63. The highest BCUT2D eigenvalue weighted by molar-refractivity contribution is 5.72. The number of nitrogens with zero attached hydrogens (tertiary/aromatic N) is 2. The summed E-state index contributed by atoms with van der Waals surface area (Å²) in [6.45, 7) is 0. The zero-order valence-electron chi connectivity index (χ0n) is 9.21. The zero-order valence-corrected chi connectivity index (χ0v) is 9.21. The van der Waals surface area contributed by atoms with E-state index in [1.807, 2.05) is 6.07 Å². The summed E-state index contributed by atoms with van der Waals surface area (Å²) >= 11 is 0. The molecule has 0 atom stereocenters. The van der Waals surface area contributed by atoms with Crippen LogP contribution in [-0.2, 0) is 7.05 Å². The van der Waals surface area contributed by atoms with Crippen molar-refractivity contribution in [2.75, 3.05) is 0 Å². The van der Waals surface area contributed by atoms with Crippen LogP contribution in [0.15, 0.2) is 41.3 Å². The minimum atomic E-state index is -0.163. The smallest absolute Gasteiger partial charge is 0.250 e. The van der Waals surface area contributed by atoms with Gasteiger partial charge in [-0.15, -0.1) is 0 Å². The Balaban J connectivity index is 2.65. The van der Waals surface area contributed by atoms with Crippen LogP contribution in [0, 0.1) is 11.3 Å². The average molecular weight is 226 g/mol. The number of aryl methyl sites for hydroxylation is 1. The fourth-order valence-corrected chi connectivity index (χ4v) is 1.58. The van der Waals surface area contributed by atoms with Crippen LogP contribution in [-0.4, -0.2) is 9.67 Å². The molecular weight excluding hydrogens is 216 g/mol. The average Bonchev–Trinajstić information content (AvgIpc) is 2.33. The minimum absolute atomic E-state index is 0.0942. The van der Waals surface area contributed by atoms with Crippen LogP contribution < -0.4 is 5.56 Å². The van der Waals surface area contributed by atoms with Crippen LogP contribution >= 0.6 is 0 Å². The molecule has 0 fully saturated rings. The molecule has 1 heterocycles. The number of phenols is 1. The molecular formula is C13H10N2O2. The Morgan fingerprint density at radius 1 is 1.35 bits per heavy atom. The van der Waals surface area contributed by atoms with Gasteiger partial charge in [-0.25, -0.2) is 0 Å². The summed E-state index contributed by atoms with van der Waals surface area (Å²) < 4.78 is 1.44. The lowest BCUT2D eigenvalue weighted by atomic mass is 10.0. The van der Waals surface area contributed by atoms with Gasteiger partial charge >= 0.3 is 0 Å². The van der Waals surface area contributed by atoms with E-state index in [1.165, 1.54) is 16.7 Å². The van der Waals surface area contributed by atoms with Crippen molar-refractivity contribution < 1.29 is 5.11 Å². The van der Waals surface area contributed by atoms with Gasteiger partial charge in [0, 0.05) is 24.9 Å². The molecule has 0 aliphatic carbocycles. The van der Waals surface area contributed by atoms with E-state index in [9.17, 15) is 9.90 Å². The monoisotopic (exact) mass is 226 g/mol. The third-order valence-electron chi connectivity index (χ3n) is 2.57. The van der Waals surface area contributed by atoms with Gasteiger partial charge in [0.2, 0.25) is 0 Å². The summed E-state index contributed by atoms with van der Waals surface area (Å²) in [5, 5.41) is 18.7. The molecule has 0 amide bonds. The van der Waals surface area contributed by atoms with E-state index in [2.05, 4.69) is 0 Å². The number of para-hydroxylation sites is 1. The highest BCUT2D eigenvalue weighted by Crippen LogP contribution is 2.30. The molecule has 2 aromatic rings. The van der Waals surface area contributed by atoms with Crippen LogP contribution in [0.4, 0.5) is 0 Å². The fourth-order valence-electron chi connectivity index (χ4n) is 1.58. The minimum Gasteiger partial charge on any atom is -0.506 e. The number of benzene rings is 1. The SMILES string of the molecule is Cn1ccc(-c2cccc(C#N)c2O)cc1=O. The second-order valence-corrected chi connectivity index (χ2v) is 3.68. The number of nitriles is 1. The van der Waals surface area contributed by atoms with E-state index in [0.29, 0.717) is 11.1 Å². The number of phenolic OH excluding ortho intramolecular Hbond substituents is 1. The van der Waals surface area contributed by atoms with Gasteiger partial charge in [0.25, 0.3) is 5.56 Å². The number of rotatable bonds is 1. The van der Waals surface area contributed by atoms with E-state index >= 15 is 0 Å². The largest absolute Gasteiger partial charge is 0.506 e. The van der Waals surface area contributed by atoms with Gasteiger partial charge in [0.1, 0.15) is 11.8 Å². The Bertz CT molecular complexity index is 666. The molecule has 4 heteroatoms. The topological polar surface area (TPSA) is 66.0 Å². The zero-order chi connectivity index (χ0) is 12.4. The molecule has 0 bridgehead atoms. The van der Waals surface area contributed by atoms with Crippen molar-refractivity contribution in [3.8, 4) is 22.9 Å². The van der Waals surface area contributed by atoms with Crippen LogP contribution in [0.3, 0.4) is 0 Å². The van der Waals surface area contributed by atoms with Crippen molar-refractivity contribution in [1.82, 2.24) is 4.57 Å². The number of hydrogen-bond donors (Lipinski definition) is 1. The molecule has 2 rings (SSSR count). The first-order chi connectivity index (χ1) is 8.13. The standard InChI is InChI=1S/C13H10N2O2/c1-15-6-5-9(7-12(15)16)11-4-2-3-10(8-14)13(11)17/h2-7,17H,1H3. The predicted molar refractivity (Wildman–Crippen MR) is 63.5 cm³/mol. The van der Waals surface area contributed by atoms with Crippen molar-refractivity contribution in [1.29, 1.82) is 5.26 Å². The second-order valence-electron chi connectivity index (χ2n) is 3.68. The maximum Gasteiger partial charge on any atom is 0.250 e. The molecule has 0 aliphatic heterocycles. The van der Waals surface area contributed by atoms with Gasteiger partial charge in [-0.2, -0.15) is 5.26 Å². The maximum absolute atomic E-state index is 11.5. The van der Waals surface area contributed by atoms with Crippen molar-refractivity contribution in [2.24, 2.45) is 7.05 Å². The number of hydrogen-bond acceptors (Lipinski definition) is 3. The van der Waals surface area contributed by atoms with E-state index in [0.717, 1.165) is 0 Å². The molecule has 4 nitrogen and oxygen atoms in total. The van der Waals surface area contributed by atoms with Gasteiger partial charge in [-0.1, -0.05) is 12.1 Å². The number of aromatic hydroxyl groups is 1. The van der Waals surface area contributed by atoms with E-state index in [1.54, 1.807) is 31.4 Å². The lowest BCUT2D eigenvalue weighted by Gasteiger charge is -2.06. The Kier molecular flexibility index (Phi) is 2.67. The molecule has 1 aromatic heterocycles. The van der Waals surface area contributed by atoms with Crippen molar-refractivity contribution in [3.63, 3.8) is 0 Å². The van der Waals surface area contributed by atoms with Gasteiger partial charge in [-0.3, -0.25) is 4.79 Å². The van der Waals surface area contributed by atoms with E-state index < -0.39 is 0 Å². The van der Waals surface area contributed by atoms with Crippen molar-refractivity contribution in [3.05, 3.63) is 52.4 Å². The molecule has 1 aromatic carbocycles. The quantitative estimate of drug-likeness (QED) is 0.803. The Morgan fingerprint density at radius 3 is 2.76 bits per heavy atom. The Morgan fingerprint density at radius 2 is 2.12 bits per heavy atom. The highest BCUT2D eigenvalue weighted by atomic mass is 16.3. The van der Waals surface area contributed by atoms with Gasteiger partial charge in [-0.05, 0) is 17.7 Å². The number of aromatic nitrogens is 1. The summed E-state index contributed by atoms with van der Waals surface area (Å²) in [7, 11) is 1.65. The lowest BCUT2D eigenvalue weighted by molar-refractivity contribution is 0.475. The normalized spacial score (nSPS) is 9.88. The van der Waals surface area contributed by atoms with Crippen molar-refractivity contribution in [2.45, 2.75) is 0 Å². The number of pyridine rings is 1. The van der Waals surface area contributed by atoms with Gasteiger partial charge in [0.05, 0.1) is 5.56 Å². The Hall–Kier alpha value is -2.54. The second kappa shape index (κ2) is 4.14. The van der Waals surface area contributed by atoms with Crippen LogP contribution in [0.5, 0.6) is 5.75 Å². The molecule has 0 saturated carbocycles. The van der Waals surface area contributed by atoms with Crippen LogP contribution in [0.2, 0.25) is 0 Å². The molecule has 17 heavy (non-hydrogen) atoms. The third kappa shape index (κ3) is 1.91. The van der Waals surface area contributed by atoms with Crippen molar-refractivity contribution >= 4 is 0 Å². The van der Waals surface area contributed by atoms with Gasteiger partial charge < -0.3 is 9.67 Å².